The van der Waals surface area contributed by atoms with Crippen LogP contribution in [0.1, 0.15) is 33.3 Å². The van der Waals surface area contributed by atoms with Gasteiger partial charge in [-0.05, 0) is 12.5 Å². The number of ether oxygens (including phenoxy) is 1. The fourth-order valence-corrected chi connectivity index (χ4v) is 2.06. The Morgan fingerprint density at radius 3 is 2.18 bits per heavy atom. The zero-order valence-corrected chi connectivity index (χ0v) is 14.0. The van der Waals surface area contributed by atoms with Crippen molar-refractivity contribution < 1.29 is 14.3 Å². The van der Waals surface area contributed by atoms with Crippen molar-refractivity contribution in [2.75, 3.05) is 20.3 Å². The minimum atomic E-state index is -0.639. The van der Waals surface area contributed by atoms with Gasteiger partial charge < -0.3 is 15.4 Å². The van der Waals surface area contributed by atoms with Crippen LogP contribution in [0, 0.1) is 5.41 Å². The monoisotopic (exact) mass is 306 g/mol. The smallest absolute Gasteiger partial charge is 0.240 e. The number of carbonyl (C=O) groups excluding carboxylic acids is 2. The number of amides is 2. The summed E-state index contributed by atoms with van der Waals surface area (Å²) in [5.41, 5.74) is -0.206. The van der Waals surface area contributed by atoms with Gasteiger partial charge in [0.1, 0.15) is 0 Å². The molecule has 0 radical (unpaired) electrons. The normalized spacial score (nSPS) is 14.0. The molecule has 22 heavy (non-hydrogen) atoms. The molecule has 0 unspecified atom stereocenters. The maximum Gasteiger partial charge on any atom is 0.240 e. The SMILES string of the molecule is COC[C@@](C)(NC(=O)CNC(=O)C(C)(C)C)c1ccccc1. The number of benzene rings is 1. The molecule has 0 heterocycles. The van der Waals surface area contributed by atoms with Crippen LogP contribution in [0.2, 0.25) is 0 Å². The first-order valence-corrected chi connectivity index (χ1v) is 7.33. The number of hydrogen-bond acceptors (Lipinski definition) is 3. The summed E-state index contributed by atoms with van der Waals surface area (Å²) in [7, 11) is 1.59. The highest BCUT2D eigenvalue weighted by Gasteiger charge is 2.29. The predicted octanol–water partition coefficient (Wildman–Crippen LogP) is 1.83. The Bertz CT molecular complexity index is 508. The predicted molar refractivity (Wildman–Crippen MR) is 86.3 cm³/mol. The van der Waals surface area contributed by atoms with Gasteiger partial charge in [-0.1, -0.05) is 51.1 Å². The van der Waals surface area contributed by atoms with Crippen molar-refractivity contribution in [3.8, 4) is 0 Å². The van der Waals surface area contributed by atoms with Crippen LogP contribution in [-0.4, -0.2) is 32.1 Å². The summed E-state index contributed by atoms with van der Waals surface area (Å²) in [5, 5.41) is 5.59. The van der Waals surface area contributed by atoms with Crippen LogP contribution in [-0.2, 0) is 19.9 Å². The van der Waals surface area contributed by atoms with E-state index in [0.29, 0.717) is 6.61 Å². The molecule has 1 aromatic carbocycles. The highest BCUT2D eigenvalue weighted by molar-refractivity contribution is 5.87. The molecule has 0 aliphatic heterocycles. The summed E-state index contributed by atoms with van der Waals surface area (Å²) in [5.74, 6) is -0.406. The number of nitrogens with one attached hydrogen (secondary N) is 2. The highest BCUT2D eigenvalue weighted by Crippen LogP contribution is 2.20. The molecule has 0 saturated carbocycles. The van der Waals surface area contributed by atoms with Gasteiger partial charge in [0.25, 0.3) is 0 Å². The molecule has 5 nitrogen and oxygen atoms in total. The molecule has 122 valence electrons. The molecule has 1 atom stereocenters. The number of methoxy groups -OCH3 is 1. The first kappa shape index (κ1) is 18.2. The maximum absolute atomic E-state index is 12.2. The standard InChI is InChI=1S/C17H26N2O3/c1-16(2,3)15(21)18-11-14(20)19-17(4,12-22-5)13-9-7-6-8-10-13/h6-10H,11-12H2,1-5H3,(H,18,21)(H,19,20)/t17-/m1/s1. The van der Waals surface area contributed by atoms with Crippen molar-refractivity contribution >= 4 is 11.8 Å². The van der Waals surface area contributed by atoms with E-state index < -0.39 is 11.0 Å². The lowest BCUT2D eigenvalue weighted by Crippen LogP contribution is -2.51. The van der Waals surface area contributed by atoms with Gasteiger partial charge in [-0.25, -0.2) is 0 Å². The molecule has 1 rings (SSSR count). The molecule has 0 fully saturated rings. The van der Waals surface area contributed by atoms with E-state index in [2.05, 4.69) is 10.6 Å². The zero-order chi connectivity index (χ0) is 16.8. The minimum Gasteiger partial charge on any atom is -0.382 e. The van der Waals surface area contributed by atoms with Crippen molar-refractivity contribution in [3.05, 3.63) is 35.9 Å². The Labute approximate surface area is 132 Å². The molecule has 0 saturated heterocycles. The second-order valence-electron chi connectivity index (χ2n) is 6.61. The molecule has 0 bridgehead atoms. The molecule has 2 N–H and O–H groups in total. The van der Waals surface area contributed by atoms with Crippen molar-refractivity contribution in [1.82, 2.24) is 10.6 Å². The molecule has 5 heteroatoms. The van der Waals surface area contributed by atoms with Gasteiger partial charge >= 0.3 is 0 Å². The van der Waals surface area contributed by atoms with Gasteiger partial charge in [-0.3, -0.25) is 9.59 Å². The summed E-state index contributed by atoms with van der Waals surface area (Å²) in [6.07, 6.45) is 0. The third-order valence-electron chi connectivity index (χ3n) is 3.35. The van der Waals surface area contributed by atoms with Gasteiger partial charge in [0.05, 0.1) is 18.7 Å². The van der Waals surface area contributed by atoms with Gasteiger partial charge in [0.2, 0.25) is 11.8 Å². The fraction of sp³-hybridized carbons (Fsp3) is 0.529. The summed E-state index contributed by atoms with van der Waals surface area (Å²) >= 11 is 0. The Morgan fingerprint density at radius 1 is 1.09 bits per heavy atom. The summed E-state index contributed by atoms with van der Waals surface area (Å²) in [4.78, 5) is 24.0. The maximum atomic E-state index is 12.2. The summed E-state index contributed by atoms with van der Waals surface area (Å²) in [6, 6.07) is 9.62. The molecular formula is C17H26N2O3. The first-order valence-electron chi connectivity index (χ1n) is 7.33. The second-order valence-corrected chi connectivity index (χ2v) is 6.61. The van der Waals surface area contributed by atoms with Gasteiger partial charge in [0, 0.05) is 12.5 Å². The zero-order valence-electron chi connectivity index (χ0n) is 14.0. The van der Waals surface area contributed by atoms with Crippen LogP contribution in [0.25, 0.3) is 0 Å². The van der Waals surface area contributed by atoms with Crippen molar-refractivity contribution in [2.45, 2.75) is 33.2 Å². The molecule has 0 aromatic heterocycles. The van der Waals surface area contributed by atoms with Crippen LogP contribution in [0.5, 0.6) is 0 Å². The van der Waals surface area contributed by atoms with Crippen LogP contribution >= 0.6 is 0 Å². The van der Waals surface area contributed by atoms with E-state index in [1.165, 1.54) is 0 Å². The second kappa shape index (κ2) is 7.40. The average molecular weight is 306 g/mol. The van der Waals surface area contributed by atoms with E-state index in [4.69, 9.17) is 4.74 Å². The van der Waals surface area contributed by atoms with Crippen LogP contribution in [0.15, 0.2) is 30.3 Å². The number of carbonyl (C=O) groups is 2. The molecular weight excluding hydrogens is 280 g/mol. The van der Waals surface area contributed by atoms with Gasteiger partial charge in [0.15, 0.2) is 0 Å². The Hall–Kier alpha value is -1.88. The number of hydrogen-bond donors (Lipinski definition) is 2. The lowest BCUT2D eigenvalue weighted by atomic mass is 9.92. The van der Waals surface area contributed by atoms with E-state index in [1.54, 1.807) is 27.9 Å². The molecule has 2 amide bonds. The molecule has 0 aliphatic carbocycles. The first-order chi connectivity index (χ1) is 10.2. The number of rotatable bonds is 6. The van der Waals surface area contributed by atoms with E-state index >= 15 is 0 Å². The van der Waals surface area contributed by atoms with E-state index in [-0.39, 0.29) is 18.4 Å². The Kier molecular flexibility index (Phi) is 6.11. The van der Waals surface area contributed by atoms with Crippen LogP contribution < -0.4 is 10.6 Å². The fourth-order valence-electron chi connectivity index (χ4n) is 2.06. The molecule has 0 aliphatic rings. The van der Waals surface area contributed by atoms with E-state index in [0.717, 1.165) is 5.56 Å². The molecule has 0 spiro atoms. The van der Waals surface area contributed by atoms with E-state index in [1.807, 2.05) is 37.3 Å². The average Bonchev–Trinajstić information content (AvgIpc) is 2.45. The largest absolute Gasteiger partial charge is 0.382 e. The third kappa shape index (κ3) is 5.15. The van der Waals surface area contributed by atoms with Crippen LogP contribution in [0.3, 0.4) is 0 Å². The third-order valence-corrected chi connectivity index (χ3v) is 3.35. The Balaban J connectivity index is 2.72. The molecule has 1 aromatic rings. The van der Waals surface area contributed by atoms with Crippen molar-refractivity contribution in [3.63, 3.8) is 0 Å². The quantitative estimate of drug-likeness (QED) is 0.842. The van der Waals surface area contributed by atoms with Gasteiger partial charge in [-0.15, -0.1) is 0 Å². The summed E-state index contributed by atoms with van der Waals surface area (Å²) < 4.78 is 5.24. The Morgan fingerprint density at radius 2 is 1.68 bits per heavy atom. The summed E-state index contributed by atoms with van der Waals surface area (Å²) in [6.45, 7) is 7.60. The lowest BCUT2D eigenvalue weighted by molar-refractivity contribution is -0.131. The van der Waals surface area contributed by atoms with Crippen molar-refractivity contribution in [1.29, 1.82) is 0 Å². The van der Waals surface area contributed by atoms with E-state index in [9.17, 15) is 9.59 Å². The topological polar surface area (TPSA) is 67.4 Å². The highest BCUT2D eigenvalue weighted by atomic mass is 16.5. The minimum absolute atomic E-state index is 0.0533. The lowest BCUT2D eigenvalue weighted by Gasteiger charge is -2.31. The van der Waals surface area contributed by atoms with Crippen LogP contribution in [0.4, 0.5) is 0 Å². The van der Waals surface area contributed by atoms with Gasteiger partial charge in [-0.2, -0.15) is 0 Å². The van der Waals surface area contributed by atoms with Crippen molar-refractivity contribution in [2.24, 2.45) is 5.41 Å².